The molecule has 1 aliphatic carbocycles. The molecule has 1 aromatic rings. The van der Waals surface area contributed by atoms with Crippen LogP contribution in [0.2, 0.25) is 0 Å². The third kappa shape index (κ3) is 2.65. The maximum absolute atomic E-state index is 13.3. The van der Waals surface area contributed by atoms with Gasteiger partial charge in [-0.1, -0.05) is 18.2 Å². The Balaban J connectivity index is 1.81. The average Bonchev–Trinajstić information content (AvgIpc) is 3.11. The number of nitrogens with one attached hydrogen (secondary N) is 1. The fourth-order valence-electron chi connectivity index (χ4n) is 4.67. The number of hydrogen-bond acceptors (Lipinski definition) is 7. The summed E-state index contributed by atoms with van der Waals surface area (Å²) in [5, 5.41) is 23.1. The summed E-state index contributed by atoms with van der Waals surface area (Å²) in [4.78, 5) is 39.5. The number of likely N-dealkylation sites (tertiary alicyclic amines) is 1. The highest BCUT2D eigenvalue weighted by Crippen LogP contribution is 2.49. The molecule has 4 rings (SSSR count). The summed E-state index contributed by atoms with van der Waals surface area (Å²) in [6, 6.07) is 5.65. The summed E-state index contributed by atoms with van der Waals surface area (Å²) in [6.07, 6.45) is -3.08. The topological polar surface area (TPSA) is 125 Å². The number of carbonyl (C=O) groups excluding carboxylic acids is 3. The van der Waals surface area contributed by atoms with Crippen LogP contribution in [0.25, 0.3) is 0 Å². The van der Waals surface area contributed by atoms with Gasteiger partial charge in [0.15, 0.2) is 11.6 Å². The van der Waals surface area contributed by atoms with Crippen molar-refractivity contribution in [2.24, 2.45) is 0 Å². The fraction of sp³-hybridized carbons (Fsp3) is 0.526. The zero-order chi connectivity index (χ0) is 20.1. The number of esters is 1. The van der Waals surface area contributed by atoms with Gasteiger partial charge in [0, 0.05) is 18.4 Å². The number of alkyl carbamates (subject to hydrolysis) is 1. The van der Waals surface area contributed by atoms with Gasteiger partial charge >= 0.3 is 12.1 Å². The average molecular weight is 390 g/mol. The molecular weight excluding hydrogens is 368 g/mol. The van der Waals surface area contributed by atoms with Crippen LogP contribution in [0.1, 0.15) is 30.1 Å². The highest BCUT2D eigenvalue weighted by molar-refractivity contribution is 5.98. The van der Waals surface area contributed by atoms with E-state index in [0.717, 1.165) is 0 Å². The molecule has 9 heteroatoms. The molecule has 2 heterocycles. The van der Waals surface area contributed by atoms with Crippen molar-refractivity contribution in [3.8, 4) is 0 Å². The van der Waals surface area contributed by atoms with Crippen LogP contribution in [0.3, 0.4) is 0 Å². The van der Waals surface area contributed by atoms with E-state index in [1.165, 1.54) is 4.90 Å². The first-order chi connectivity index (χ1) is 13.4. The molecular formula is C19H22N2O7. The fourth-order valence-corrected chi connectivity index (χ4v) is 4.67. The van der Waals surface area contributed by atoms with Crippen LogP contribution in [0, 0.1) is 0 Å². The first kappa shape index (κ1) is 18.7. The largest absolute Gasteiger partial charge is 0.464 e. The molecule has 0 aromatic heterocycles. The minimum Gasteiger partial charge on any atom is -0.464 e. The molecule has 0 bridgehead atoms. The normalized spacial score (nSPS) is 36.2. The van der Waals surface area contributed by atoms with E-state index in [1.807, 2.05) is 0 Å². The predicted octanol–water partition coefficient (Wildman–Crippen LogP) is -0.194. The van der Waals surface area contributed by atoms with Crippen molar-refractivity contribution in [1.82, 2.24) is 10.2 Å². The number of ether oxygens (including phenoxy) is 2. The van der Waals surface area contributed by atoms with E-state index in [9.17, 15) is 24.6 Å². The number of hydrogen-bond donors (Lipinski definition) is 3. The molecule has 150 valence electrons. The molecule has 6 atom stereocenters. The van der Waals surface area contributed by atoms with Crippen molar-refractivity contribution in [3.63, 3.8) is 0 Å². The van der Waals surface area contributed by atoms with Crippen LogP contribution >= 0.6 is 0 Å². The van der Waals surface area contributed by atoms with Crippen molar-refractivity contribution in [2.45, 2.75) is 55.7 Å². The van der Waals surface area contributed by atoms with E-state index in [2.05, 4.69) is 5.32 Å². The predicted molar refractivity (Wildman–Crippen MR) is 94.2 cm³/mol. The van der Waals surface area contributed by atoms with E-state index in [-0.39, 0.29) is 19.4 Å². The second-order valence-electron chi connectivity index (χ2n) is 7.33. The number of aliphatic hydroxyl groups excluding tert-OH is 2. The number of carbonyl (C=O) groups is 3. The van der Waals surface area contributed by atoms with Crippen molar-refractivity contribution < 1.29 is 34.1 Å². The highest BCUT2D eigenvalue weighted by atomic mass is 16.6. The van der Waals surface area contributed by atoms with Crippen LogP contribution in [-0.4, -0.2) is 75.6 Å². The van der Waals surface area contributed by atoms with E-state index >= 15 is 0 Å². The Morgan fingerprint density at radius 2 is 2.00 bits per heavy atom. The van der Waals surface area contributed by atoms with Crippen molar-refractivity contribution in [2.75, 3.05) is 6.61 Å². The first-order valence-corrected chi connectivity index (χ1v) is 9.29. The van der Waals surface area contributed by atoms with Crippen molar-refractivity contribution in [1.29, 1.82) is 0 Å². The van der Waals surface area contributed by atoms with Crippen LogP contribution in [0.4, 0.5) is 4.79 Å². The number of rotatable bonds is 3. The van der Waals surface area contributed by atoms with Crippen LogP contribution in [0.5, 0.6) is 0 Å². The van der Waals surface area contributed by atoms with Gasteiger partial charge in [0.2, 0.25) is 0 Å². The summed E-state index contributed by atoms with van der Waals surface area (Å²) >= 11 is 0. The van der Waals surface area contributed by atoms with E-state index in [0.29, 0.717) is 5.56 Å². The van der Waals surface area contributed by atoms with Gasteiger partial charge < -0.3 is 29.9 Å². The Labute approximate surface area is 161 Å². The van der Waals surface area contributed by atoms with Gasteiger partial charge in [0.1, 0.15) is 6.04 Å². The Bertz CT molecular complexity index is 801. The maximum atomic E-state index is 13.3. The van der Waals surface area contributed by atoms with Crippen molar-refractivity contribution in [3.05, 3.63) is 35.9 Å². The lowest BCUT2D eigenvalue weighted by Crippen LogP contribution is -2.59. The monoisotopic (exact) mass is 390 g/mol. The highest BCUT2D eigenvalue weighted by Gasteiger charge is 2.71. The molecule has 0 unspecified atom stereocenters. The first-order valence-electron chi connectivity index (χ1n) is 9.29. The lowest BCUT2D eigenvalue weighted by Gasteiger charge is -2.42. The molecule has 1 aromatic carbocycles. The number of amides is 2. The molecule has 3 N–H and O–H groups in total. The van der Waals surface area contributed by atoms with E-state index in [1.54, 1.807) is 37.3 Å². The zero-order valence-electron chi connectivity index (χ0n) is 15.3. The number of benzene rings is 1. The molecule has 1 saturated carbocycles. The van der Waals surface area contributed by atoms with Gasteiger partial charge in [-0.3, -0.25) is 4.79 Å². The van der Waals surface area contributed by atoms with Gasteiger partial charge in [0.25, 0.3) is 5.91 Å². The second-order valence-corrected chi connectivity index (χ2v) is 7.33. The van der Waals surface area contributed by atoms with Crippen LogP contribution < -0.4 is 5.32 Å². The van der Waals surface area contributed by atoms with Gasteiger partial charge in [-0.05, 0) is 19.1 Å². The smallest absolute Gasteiger partial charge is 0.408 e. The molecule has 9 nitrogen and oxygen atoms in total. The molecule has 28 heavy (non-hydrogen) atoms. The van der Waals surface area contributed by atoms with Crippen LogP contribution in [0.15, 0.2) is 30.3 Å². The number of aliphatic hydroxyl groups is 2. The molecule has 3 fully saturated rings. The lowest BCUT2D eigenvalue weighted by molar-refractivity contribution is -0.148. The van der Waals surface area contributed by atoms with Crippen LogP contribution in [-0.2, 0) is 14.3 Å². The maximum Gasteiger partial charge on any atom is 0.408 e. The minimum atomic E-state index is -1.31. The zero-order valence-corrected chi connectivity index (χ0v) is 15.3. The van der Waals surface area contributed by atoms with Gasteiger partial charge in [-0.25, -0.2) is 9.59 Å². The SMILES string of the molecule is CCOC(=O)[C@H]1[C@@H]2NC(=O)O[C@@]23C[C@H](O)[C@H](O)C[C@H]3N1C(=O)c1ccccc1. The summed E-state index contributed by atoms with van der Waals surface area (Å²) in [7, 11) is 0. The quantitative estimate of drug-likeness (QED) is 0.611. The Kier molecular flexibility index (Phi) is 4.51. The summed E-state index contributed by atoms with van der Waals surface area (Å²) < 4.78 is 10.7. The molecule has 0 radical (unpaired) electrons. The summed E-state index contributed by atoms with van der Waals surface area (Å²) in [5.74, 6) is -1.10. The van der Waals surface area contributed by atoms with Gasteiger partial charge in [-0.15, -0.1) is 0 Å². The Hall–Kier alpha value is -2.65. The van der Waals surface area contributed by atoms with Gasteiger partial charge in [0.05, 0.1) is 24.9 Å². The standard InChI is InChI=1S/C19H22N2O7/c1-2-27-17(25)14-15-19(28-18(26)20-15)9-12(23)11(22)8-13(19)21(14)16(24)10-6-4-3-5-7-10/h3-7,11-15,22-23H,2,8-9H2,1H3,(H,20,26)/t11-,12+,13-,14-,15+,19-/m1/s1. The minimum absolute atomic E-state index is 0.0267. The van der Waals surface area contributed by atoms with Crippen molar-refractivity contribution >= 4 is 18.0 Å². The summed E-state index contributed by atoms with van der Waals surface area (Å²) in [6.45, 7) is 1.75. The molecule has 1 spiro atoms. The lowest BCUT2D eigenvalue weighted by atomic mass is 9.75. The molecule has 2 amide bonds. The number of nitrogens with zero attached hydrogens (tertiary/aromatic N) is 1. The van der Waals surface area contributed by atoms with E-state index < -0.39 is 53.9 Å². The van der Waals surface area contributed by atoms with Gasteiger partial charge in [-0.2, -0.15) is 0 Å². The Morgan fingerprint density at radius 1 is 1.29 bits per heavy atom. The summed E-state index contributed by atoms with van der Waals surface area (Å²) in [5.41, 5.74) is -0.948. The Morgan fingerprint density at radius 3 is 2.68 bits per heavy atom. The van der Waals surface area contributed by atoms with E-state index in [4.69, 9.17) is 9.47 Å². The molecule has 2 saturated heterocycles. The molecule has 2 aliphatic heterocycles. The third-order valence-electron chi connectivity index (χ3n) is 5.82. The third-order valence-corrected chi connectivity index (χ3v) is 5.82. The second kappa shape index (κ2) is 6.75. The molecule has 3 aliphatic rings.